The van der Waals surface area contributed by atoms with E-state index in [2.05, 4.69) is 26.8 Å². The summed E-state index contributed by atoms with van der Waals surface area (Å²) in [5, 5.41) is 0. The molecule has 0 heterocycles. The smallest absolute Gasteiger partial charge is 0.276 e. The number of hydrazine groups is 1. The highest BCUT2D eigenvalue weighted by Crippen LogP contribution is 2.17. The molecule has 0 aliphatic heterocycles. The van der Waals surface area contributed by atoms with Crippen molar-refractivity contribution in [3.63, 3.8) is 0 Å². The minimum atomic E-state index is -0.444. The zero-order valence-electron chi connectivity index (χ0n) is 11.9. The van der Waals surface area contributed by atoms with Crippen molar-refractivity contribution >= 4 is 27.7 Å². The Bertz CT molecular complexity index is 671. The maximum atomic E-state index is 11.8. The van der Waals surface area contributed by atoms with Crippen LogP contribution in [0.25, 0.3) is 0 Å². The molecule has 2 aromatic carbocycles. The van der Waals surface area contributed by atoms with Gasteiger partial charge in [0.15, 0.2) is 6.61 Å². The van der Waals surface area contributed by atoms with E-state index in [1.165, 1.54) is 0 Å². The summed E-state index contributed by atoms with van der Waals surface area (Å²) in [4.78, 5) is 23.4. The first kappa shape index (κ1) is 16.0. The van der Waals surface area contributed by atoms with E-state index in [1.807, 2.05) is 25.1 Å². The van der Waals surface area contributed by atoms with Crippen LogP contribution < -0.4 is 15.6 Å². The SMILES string of the molecule is Cc1ccc(C(=O)NNC(=O)COc2cccc(Br)c2)cc1. The van der Waals surface area contributed by atoms with Crippen LogP contribution in [0.3, 0.4) is 0 Å². The molecule has 114 valence electrons. The molecule has 0 aliphatic rings. The Morgan fingerprint density at radius 2 is 1.82 bits per heavy atom. The predicted molar refractivity (Wildman–Crippen MR) is 86.4 cm³/mol. The summed E-state index contributed by atoms with van der Waals surface area (Å²) in [5.41, 5.74) is 6.17. The minimum Gasteiger partial charge on any atom is -0.484 e. The lowest BCUT2D eigenvalue weighted by Gasteiger charge is -2.09. The van der Waals surface area contributed by atoms with Gasteiger partial charge in [-0.1, -0.05) is 39.7 Å². The van der Waals surface area contributed by atoms with Gasteiger partial charge >= 0.3 is 0 Å². The van der Waals surface area contributed by atoms with E-state index in [1.54, 1.807) is 30.3 Å². The largest absolute Gasteiger partial charge is 0.484 e. The number of hydrogen-bond acceptors (Lipinski definition) is 3. The van der Waals surface area contributed by atoms with E-state index >= 15 is 0 Å². The second-order valence-corrected chi connectivity index (χ2v) is 5.53. The monoisotopic (exact) mass is 362 g/mol. The molecular formula is C16H15BrN2O3. The Balaban J connectivity index is 1.78. The van der Waals surface area contributed by atoms with Crippen molar-refractivity contribution in [3.8, 4) is 5.75 Å². The van der Waals surface area contributed by atoms with E-state index in [9.17, 15) is 9.59 Å². The fourth-order valence-corrected chi connectivity index (χ4v) is 2.02. The molecule has 22 heavy (non-hydrogen) atoms. The number of nitrogens with one attached hydrogen (secondary N) is 2. The summed E-state index contributed by atoms with van der Waals surface area (Å²) in [6.45, 7) is 1.74. The molecule has 5 nitrogen and oxygen atoms in total. The molecule has 0 aromatic heterocycles. The highest BCUT2D eigenvalue weighted by molar-refractivity contribution is 9.10. The van der Waals surface area contributed by atoms with Crippen molar-refractivity contribution in [2.24, 2.45) is 0 Å². The quantitative estimate of drug-likeness (QED) is 0.821. The van der Waals surface area contributed by atoms with Crippen molar-refractivity contribution < 1.29 is 14.3 Å². The average Bonchev–Trinajstić information content (AvgIpc) is 2.51. The summed E-state index contributed by atoms with van der Waals surface area (Å²) in [6, 6.07) is 14.2. The highest BCUT2D eigenvalue weighted by Gasteiger charge is 2.07. The second kappa shape index (κ2) is 7.61. The number of rotatable bonds is 4. The van der Waals surface area contributed by atoms with Gasteiger partial charge in [0.05, 0.1) is 0 Å². The van der Waals surface area contributed by atoms with Gasteiger partial charge in [-0.2, -0.15) is 0 Å². The van der Waals surface area contributed by atoms with Crippen LogP contribution in [0.1, 0.15) is 15.9 Å². The number of carbonyl (C=O) groups excluding carboxylic acids is 2. The zero-order chi connectivity index (χ0) is 15.9. The lowest BCUT2D eigenvalue weighted by molar-refractivity contribution is -0.123. The first-order valence-electron chi connectivity index (χ1n) is 6.59. The van der Waals surface area contributed by atoms with Crippen molar-refractivity contribution in [1.82, 2.24) is 10.9 Å². The van der Waals surface area contributed by atoms with E-state index < -0.39 is 5.91 Å². The fourth-order valence-electron chi connectivity index (χ4n) is 1.65. The molecule has 6 heteroatoms. The van der Waals surface area contributed by atoms with Gasteiger partial charge in [-0.3, -0.25) is 20.4 Å². The number of halogens is 1. The molecular weight excluding hydrogens is 348 g/mol. The molecule has 0 saturated carbocycles. The van der Waals surface area contributed by atoms with E-state index in [0.29, 0.717) is 11.3 Å². The van der Waals surface area contributed by atoms with E-state index in [4.69, 9.17) is 4.74 Å². The number of ether oxygens (including phenoxy) is 1. The first-order valence-corrected chi connectivity index (χ1v) is 7.38. The van der Waals surface area contributed by atoms with Crippen LogP contribution in [-0.2, 0) is 4.79 Å². The minimum absolute atomic E-state index is 0.190. The van der Waals surface area contributed by atoms with Crippen LogP contribution in [-0.4, -0.2) is 18.4 Å². The summed E-state index contributed by atoms with van der Waals surface area (Å²) in [5.74, 6) is -0.259. The molecule has 0 saturated heterocycles. The van der Waals surface area contributed by atoms with Crippen LogP contribution in [0.2, 0.25) is 0 Å². The summed E-state index contributed by atoms with van der Waals surface area (Å²) in [6.07, 6.45) is 0. The lowest BCUT2D eigenvalue weighted by Crippen LogP contribution is -2.43. The molecule has 0 radical (unpaired) electrons. The second-order valence-electron chi connectivity index (χ2n) is 4.61. The van der Waals surface area contributed by atoms with Gasteiger partial charge in [0.1, 0.15) is 5.75 Å². The lowest BCUT2D eigenvalue weighted by atomic mass is 10.1. The molecule has 2 aromatic rings. The number of carbonyl (C=O) groups is 2. The summed E-state index contributed by atoms with van der Waals surface area (Å²) < 4.78 is 6.17. The van der Waals surface area contributed by atoms with Gasteiger partial charge in [-0.15, -0.1) is 0 Å². The van der Waals surface area contributed by atoms with Crippen LogP contribution in [0, 0.1) is 6.92 Å². The maximum Gasteiger partial charge on any atom is 0.276 e. The molecule has 0 bridgehead atoms. The summed E-state index contributed by atoms with van der Waals surface area (Å²) >= 11 is 3.31. The molecule has 0 aliphatic carbocycles. The number of hydrogen-bond donors (Lipinski definition) is 2. The summed E-state index contributed by atoms with van der Waals surface area (Å²) in [7, 11) is 0. The molecule has 0 spiro atoms. The van der Waals surface area contributed by atoms with Crippen molar-refractivity contribution in [2.75, 3.05) is 6.61 Å². The molecule has 0 atom stereocenters. The van der Waals surface area contributed by atoms with Crippen LogP contribution >= 0.6 is 15.9 Å². The average molecular weight is 363 g/mol. The Hall–Kier alpha value is -2.34. The molecule has 2 amide bonds. The normalized spacial score (nSPS) is 9.91. The van der Waals surface area contributed by atoms with E-state index in [-0.39, 0.29) is 12.5 Å². The molecule has 2 rings (SSSR count). The zero-order valence-corrected chi connectivity index (χ0v) is 13.5. The Morgan fingerprint density at radius 3 is 2.50 bits per heavy atom. The molecule has 0 fully saturated rings. The third kappa shape index (κ3) is 4.89. The standard InChI is InChI=1S/C16H15BrN2O3/c1-11-5-7-12(8-6-11)16(21)19-18-15(20)10-22-14-4-2-3-13(17)9-14/h2-9H,10H2,1H3,(H,18,20)(H,19,21). The third-order valence-electron chi connectivity index (χ3n) is 2.80. The van der Waals surface area contributed by atoms with Gasteiger partial charge in [-0.25, -0.2) is 0 Å². The first-order chi connectivity index (χ1) is 10.5. The topological polar surface area (TPSA) is 67.4 Å². The highest BCUT2D eigenvalue weighted by atomic mass is 79.9. The van der Waals surface area contributed by atoms with Gasteiger partial charge in [0, 0.05) is 10.0 Å². The van der Waals surface area contributed by atoms with Gasteiger partial charge in [-0.05, 0) is 37.3 Å². The van der Waals surface area contributed by atoms with Gasteiger partial charge in [0.25, 0.3) is 11.8 Å². The van der Waals surface area contributed by atoms with Crippen LogP contribution in [0.5, 0.6) is 5.75 Å². The van der Waals surface area contributed by atoms with Crippen molar-refractivity contribution in [1.29, 1.82) is 0 Å². The van der Waals surface area contributed by atoms with Crippen LogP contribution in [0.15, 0.2) is 53.0 Å². The fraction of sp³-hybridized carbons (Fsp3) is 0.125. The van der Waals surface area contributed by atoms with Crippen molar-refractivity contribution in [2.45, 2.75) is 6.92 Å². The number of aryl methyl sites for hydroxylation is 1. The van der Waals surface area contributed by atoms with E-state index in [0.717, 1.165) is 10.0 Å². The molecule has 2 N–H and O–H groups in total. The van der Waals surface area contributed by atoms with Crippen LogP contribution in [0.4, 0.5) is 0 Å². The van der Waals surface area contributed by atoms with Crippen molar-refractivity contribution in [3.05, 3.63) is 64.1 Å². The predicted octanol–water partition coefficient (Wildman–Crippen LogP) is 2.60. The Labute approximate surface area is 136 Å². The number of benzene rings is 2. The van der Waals surface area contributed by atoms with Gasteiger partial charge in [0.2, 0.25) is 0 Å². The maximum absolute atomic E-state index is 11.8. The molecule has 0 unspecified atom stereocenters. The third-order valence-corrected chi connectivity index (χ3v) is 3.29. The van der Waals surface area contributed by atoms with Gasteiger partial charge < -0.3 is 4.74 Å². The number of amides is 2. The Morgan fingerprint density at radius 1 is 1.09 bits per heavy atom. The Kier molecular flexibility index (Phi) is 5.55.